The van der Waals surface area contributed by atoms with Crippen molar-refractivity contribution < 1.29 is 28.9 Å². The van der Waals surface area contributed by atoms with Crippen molar-refractivity contribution in [2.24, 2.45) is 0 Å². The molecule has 1 aliphatic rings. The number of carboxylic acids is 1. The normalized spacial score (nSPS) is 15.2. The minimum Gasteiger partial charge on any atom is -0.506 e. The first-order valence-electron chi connectivity index (χ1n) is 8.01. The highest BCUT2D eigenvalue weighted by Crippen LogP contribution is 2.40. The van der Waals surface area contributed by atoms with Crippen LogP contribution < -0.4 is 15.6 Å². The van der Waals surface area contributed by atoms with Crippen molar-refractivity contribution >= 4 is 34.1 Å². The van der Waals surface area contributed by atoms with Gasteiger partial charge in [0.25, 0.3) is 11.5 Å². The summed E-state index contributed by atoms with van der Waals surface area (Å²) < 4.78 is 21.4. The lowest BCUT2D eigenvalue weighted by Gasteiger charge is -2.28. The Morgan fingerprint density at radius 3 is 2.89 bits per heavy atom. The summed E-state index contributed by atoms with van der Waals surface area (Å²) in [6, 6.07) is 1.70. The molecule has 0 saturated carbocycles. The predicted octanol–water partition coefficient (Wildman–Crippen LogP) is 1.10. The Labute approximate surface area is 159 Å². The van der Waals surface area contributed by atoms with Crippen molar-refractivity contribution in [3.63, 3.8) is 0 Å². The number of aromatic hydroxyl groups is 1. The molecule has 0 saturated heterocycles. The molecule has 1 aromatic carbocycles. The van der Waals surface area contributed by atoms with Gasteiger partial charge in [0.05, 0.1) is 15.8 Å². The molecule has 2 aromatic heterocycles. The second-order valence-corrected chi connectivity index (χ2v) is 6.89. The second kappa shape index (κ2) is 6.60. The van der Waals surface area contributed by atoms with E-state index in [0.717, 1.165) is 6.07 Å². The van der Waals surface area contributed by atoms with Crippen LogP contribution in [-0.2, 0) is 4.79 Å². The topological polar surface area (TPSA) is 131 Å². The van der Waals surface area contributed by atoms with Crippen molar-refractivity contribution in [3.05, 3.63) is 50.5 Å². The zero-order valence-electron chi connectivity index (χ0n) is 14.0. The molecule has 0 aliphatic carbocycles. The van der Waals surface area contributed by atoms with E-state index < -0.39 is 47.2 Å². The number of ether oxygens (including phenoxy) is 1. The molecular weight excluding hydrogens is 393 g/mol. The van der Waals surface area contributed by atoms with Crippen molar-refractivity contribution in [1.82, 2.24) is 14.9 Å². The highest BCUT2D eigenvalue weighted by molar-refractivity contribution is 7.09. The number of hydrogen-bond donors (Lipinski definition) is 3. The average Bonchev–Trinajstić information content (AvgIpc) is 3.19. The van der Waals surface area contributed by atoms with Gasteiger partial charge in [0, 0.05) is 6.20 Å². The van der Waals surface area contributed by atoms with Gasteiger partial charge in [-0.1, -0.05) is 0 Å². The number of carbonyl (C=O) groups is 2. The minimum absolute atomic E-state index is 0.0157. The number of aliphatic carboxylic acids is 1. The number of benzene rings is 1. The Morgan fingerprint density at radius 2 is 2.21 bits per heavy atom. The van der Waals surface area contributed by atoms with Crippen molar-refractivity contribution in [2.45, 2.75) is 6.04 Å². The van der Waals surface area contributed by atoms with Crippen molar-refractivity contribution in [2.75, 3.05) is 13.2 Å². The van der Waals surface area contributed by atoms with Crippen LogP contribution in [0.25, 0.3) is 10.9 Å². The maximum Gasteiger partial charge on any atom is 0.322 e. The summed E-state index contributed by atoms with van der Waals surface area (Å²) >= 11 is 1.25. The highest BCUT2D eigenvalue weighted by atomic mass is 32.1. The van der Waals surface area contributed by atoms with Crippen LogP contribution >= 0.6 is 11.3 Å². The molecule has 11 heteroatoms. The van der Waals surface area contributed by atoms with E-state index in [9.17, 15) is 23.9 Å². The van der Waals surface area contributed by atoms with Gasteiger partial charge in [0.2, 0.25) is 0 Å². The monoisotopic (exact) mass is 405 g/mol. The standard InChI is InChI=1S/C17H12FN3O6S/c18-7-1-2-9-14-12(7)15(24)13(16(25)20-4-11(22)23)17(26)21(14)8(5-27-9)10-3-19-6-28-10/h1-3,6,8,24H,4-5H2,(H,20,25)(H,22,23). The van der Waals surface area contributed by atoms with E-state index in [0.29, 0.717) is 4.88 Å². The molecular formula is C17H12FN3O6S. The molecule has 144 valence electrons. The number of nitrogens with zero attached hydrogens (tertiary/aromatic N) is 2. The Kier molecular flexibility index (Phi) is 4.23. The number of amides is 1. The molecule has 28 heavy (non-hydrogen) atoms. The molecule has 9 nitrogen and oxygen atoms in total. The number of carbonyl (C=O) groups excluding carboxylic acids is 1. The first-order valence-corrected chi connectivity index (χ1v) is 8.89. The van der Waals surface area contributed by atoms with E-state index in [-0.39, 0.29) is 23.3 Å². The van der Waals surface area contributed by atoms with Crippen LogP contribution in [0.4, 0.5) is 4.39 Å². The summed E-state index contributed by atoms with van der Waals surface area (Å²) in [5.41, 5.74) is -0.0518. The molecule has 4 rings (SSSR count). The van der Waals surface area contributed by atoms with E-state index in [1.54, 1.807) is 5.51 Å². The maximum atomic E-state index is 14.6. The molecule has 0 fully saturated rings. The molecule has 3 N–H and O–H groups in total. The third kappa shape index (κ3) is 2.67. The molecule has 1 aliphatic heterocycles. The van der Waals surface area contributed by atoms with Crippen LogP contribution in [0.15, 0.2) is 28.6 Å². The van der Waals surface area contributed by atoms with Crippen LogP contribution in [0, 0.1) is 5.82 Å². The fourth-order valence-electron chi connectivity index (χ4n) is 3.17. The SMILES string of the molecule is O=C(O)CNC(=O)c1c(O)c2c(F)ccc3c2n(c1=O)C(c1cncs1)CO3. The van der Waals surface area contributed by atoms with Gasteiger partial charge in [0.1, 0.15) is 47.6 Å². The fraction of sp³-hybridized carbons (Fsp3) is 0.176. The van der Waals surface area contributed by atoms with Crippen LogP contribution in [-0.4, -0.2) is 44.8 Å². The van der Waals surface area contributed by atoms with Gasteiger partial charge < -0.3 is 20.3 Å². The zero-order valence-corrected chi connectivity index (χ0v) is 14.8. The lowest BCUT2D eigenvalue weighted by Crippen LogP contribution is -2.39. The number of thiazole rings is 1. The van der Waals surface area contributed by atoms with Gasteiger partial charge in [-0.15, -0.1) is 11.3 Å². The molecule has 1 amide bonds. The van der Waals surface area contributed by atoms with Gasteiger partial charge in [-0.3, -0.25) is 23.9 Å². The third-order valence-corrected chi connectivity index (χ3v) is 5.23. The molecule has 0 bridgehead atoms. The predicted molar refractivity (Wildman–Crippen MR) is 95.5 cm³/mol. The first-order chi connectivity index (χ1) is 13.4. The van der Waals surface area contributed by atoms with Gasteiger partial charge in [0.15, 0.2) is 0 Å². The summed E-state index contributed by atoms with van der Waals surface area (Å²) in [5, 5.41) is 20.9. The summed E-state index contributed by atoms with van der Waals surface area (Å²) in [5.74, 6) is -3.99. The second-order valence-electron chi connectivity index (χ2n) is 5.97. The van der Waals surface area contributed by atoms with Gasteiger partial charge in [-0.2, -0.15) is 0 Å². The highest BCUT2D eigenvalue weighted by Gasteiger charge is 2.33. The van der Waals surface area contributed by atoms with E-state index in [2.05, 4.69) is 4.98 Å². The third-order valence-electron chi connectivity index (χ3n) is 4.35. The Bertz CT molecular complexity index is 1170. The Morgan fingerprint density at radius 1 is 1.43 bits per heavy atom. The van der Waals surface area contributed by atoms with Gasteiger partial charge in [-0.05, 0) is 12.1 Å². The summed E-state index contributed by atoms with van der Waals surface area (Å²) in [7, 11) is 0. The van der Waals surface area contributed by atoms with Crippen LogP contribution in [0.5, 0.6) is 11.5 Å². The minimum atomic E-state index is -1.33. The number of hydrogen-bond acceptors (Lipinski definition) is 7. The molecule has 0 spiro atoms. The lowest BCUT2D eigenvalue weighted by atomic mass is 10.0. The summed E-state index contributed by atoms with van der Waals surface area (Å²) in [6.45, 7) is -0.726. The molecule has 1 unspecified atom stereocenters. The fourth-order valence-corrected chi connectivity index (χ4v) is 3.86. The Balaban J connectivity index is 2.03. The quantitative estimate of drug-likeness (QED) is 0.592. The molecule has 3 heterocycles. The largest absolute Gasteiger partial charge is 0.506 e. The number of carboxylic acid groups (broad SMARTS) is 1. The number of aromatic nitrogens is 2. The van der Waals surface area contributed by atoms with Gasteiger partial charge in [-0.25, -0.2) is 4.39 Å². The number of nitrogens with one attached hydrogen (secondary N) is 1. The van der Waals surface area contributed by atoms with Crippen LogP contribution in [0.2, 0.25) is 0 Å². The smallest absolute Gasteiger partial charge is 0.322 e. The van der Waals surface area contributed by atoms with Crippen molar-refractivity contribution in [3.8, 4) is 11.5 Å². The molecule has 3 aromatic rings. The lowest BCUT2D eigenvalue weighted by molar-refractivity contribution is -0.135. The van der Waals surface area contributed by atoms with E-state index in [1.165, 1.54) is 28.2 Å². The van der Waals surface area contributed by atoms with Crippen LogP contribution in [0.3, 0.4) is 0 Å². The zero-order chi connectivity index (χ0) is 20.0. The van der Waals surface area contributed by atoms with E-state index in [1.807, 2.05) is 5.32 Å². The average molecular weight is 405 g/mol. The first kappa shape index (κ1) is 17.9. The van der Waals surface area contributed by atoms with Gasteiger partial charge >= 0.3 is 5.97 Å². The molecule has 0 radical (unpaired) electrons. The number of halogens is 1. The maximum absolute atomic E-state index is 14.6. The van der Waals surface area contributed by atoms with Crippen molar-refractivity contribution in [1.29, 1.82) is 0 Å². The van der Waals surface area contributed by atoms with Crippen LogP contribution in [0.1, 0.15) is 21.3 Å². The number of pyridine rings is 1. The Hall–Kier alpha value is -3.47. The van der Waals surface area contributed by atoms with E-state index >= 15 is 0 Å². The summed E-state index contributed by atoms with van der Waals surface area (Å²) in [6.07, 6.45) is 1.53. The molecule has 1 atom stereocenters. The number of rotatable bonds is 4. The van der Waals surface area contributed by atoms with E-state index in [4.69, 9.17) is 9.84 Å². The summed E-state index contributed by atoms with van der Waals surface area (Å²) in [4.78, 5) is 40.8.